The van der Waals surface area contributed by atoms with Gasteiger partial charge in [0.25, 0.3) is 0 Å². The summed E-state index contributed by atoms with van der Waals surface area (Å²) in [5.41, 5.74) is 2.16. The van der Waals surface area contributed by atoms with E-state index in [4.69, 9.17) is 4.74 Å². The fourth-order valence-corrected chi connectivity index (χ4v) is 2.27. The fourth-order valence-electron chi connectivity index (χ4n) is 2.27. The SMILES string of the molecule is CCNC(=NCc1cccc(COC(C)(C)C)c1)NCc1ncnn1C. The van der Waals surface area contributed by atoms with Crippen LogP contribution in [0.15, 0.2) is 35.6 Å². The van der Waals surface area contributed by atoms with Gasteiger partial charge in [-0.25, -0.2) is 9.98 Å². The third-order valence-electron chi connectivity index (χ3n) is 3.65. The van der Waals surface area contributed by atoms with Gasteiger partial charge in [-0.05, 0) is 38.8 Å². The molecule has 0 fully saturated rings. The molecule has 0 saturated heterocycles. The summed E-state index contributed by atoms with van der Waals surface area (Å²) in [7, 11) is 1.87. The van der Waals surface area contributed by atoms with Crippen LogP contribution in [0.3, 0.4) is 0 Å². The number of aryl methyl sites for hydroxylation is 1. The van der Waals surface area contributed by atoms with E-state index >= 15 is 0 Å². The average molecular weight is 358 g/mol. The Morgan fingerprint density at radius 2 is 2.00 bits per heavy atom. The van der Waals surface area contributed by atoms with Crippen LogP contribution >= 0.6 is 0 Å². The van der Waals surface area contributed by atoms with Crippen LogP contribution in [0.25, 0.3) is 0 Å². The van der Waals surface area contributed by atoms with Gasteiger partial charge in [0.1, 0.15) is 12.2 Å². The van der Waals surface area contributed by atoms with Crippen molar-refractivity contribution in [2.24, 2.45) is 12.0 Å². The number of guanidine groups is 1. The van der Waals surface area contributed by atoms with Crippen molar-refractivity contribution in [3.05, 3.63) is 47.5 Å². The van der Waals surface area contributed by atoms with E-state index in [1.165, 1.54) is 0 Å². The maximum atomic E-state index is 5.85. The number of aromatic nitrogens is 3. The monoisotopic (exact) mass is 358 g/mol. The van der Waals surface area contributed by atoms with Gasteiger partial charge in [-0.3, -0.25) is 4.68 Å². The molecule has 0 aliphatic carbocycles. The lowest BCUT2D eigenvalue weighted by Crippen LogP contribution is -2.37. The maximum absolute atomic E-state index is 5.85. The van der Waals surface area contributed by atoms with Gasteiger partial charge in [-0.1, -0.05) is 24.3 Å². The zero-order valence-electron chi connectivity index (χ0n) is 16.4. The number of rotatable bonds is 7. The van der Waals surface area contributed by atoms with Crippen molar-refractivity contribution in [1.82, 2.24) is 25.4 Å². The molecule has 1 heterocycles. The molecule has 0 radical (unpaired) electrons. The lowest BCUT2D eigenvalue weighted by atomic mass is 10.1. The first-order chi connectivity index (χ1) is 12.4. The number of aliphatic imine (C=N–C) groups is 1. The Morgan fingerprint density at radius 3 is 2.65 bits per heavy atom. The Hall–Kier alpha value is -2.41. The standard InChI is InChI=1S/C19H30N6O/c1-6-20-18(22-12-17-23-14-24-25(17)5)21-11-15-8-7-9-16(10-15)13-26-19(2,3)4/h7-10,14H,6,11-13H2,1-5H3,(H2,20,21,22). The van der Waals surface area contributed by atoms with Crippen molar-refractivity contribution in [3.8, 4) is 0 Å². The number of hydrogen-bond donors (Lipinski definition) is 2. The van der Waals surface area contributed by atoms with Gasteiger partial charge in [0, 0.05) is 13.6 Å². The van der Waals surface area contributed by atoms with Crippen LogP contribution in [0.5, 0.6) is 0 Å². The molecule has 142 valence electrons. The topological polar surface area (TPSA) is 76.4 Å². The molecule has 0 unspecified atom stereocenters. The number of nitrogens with one attached hydrogen (secondary N) is 2. The summed E-state index contributed by atoms with van der Waals surface area (Å²) in [4.78, 5) is 8.87. The second-order valence-corrected chi connectivity index (χ2v) is 7.07. The Balaban J connectivity index is 1.96. The predicted octanol–water partition coefficient (Wildman–Crippen LogP) is 2.39. The Bertz CT molecular complexity index is 717. The van der Waals surface area contributed by atoms with E-state index in [9.17, 15) is 0 Å². The van der Waals surface area contributed by atoms with Crippen molar-refractivity contribution in [2.75, 3.05) is 6.54 Å². The lowest BCUT2D eigenvalue weighted by Gasteiger charge is -2.19. The summed E-state index contributed by atoms with van der Waals surface area (Å²) in [5.74, 6) is 1.61. The van der Waals surface area contributed by atoms with Crippen molar-refractivity contribution >= 4 is 5.96 Å². The van der Waals surface area contributed by atoms with Gasteiger partial charge in [-0.2, -0.15) is 5.10 Å². The molecule has 0 amide bonds. The Labute approximate surface area is 155 Å². The zero-order valence-corrected chi connectivity index (χ0v) is 16.4. The molecule has 1 aromatic heterocycles. The molecular formula is C19H30N6O. The molecule has 0 aliphatic heterocycles. The fraction of sp³-hybridized carbons (Fsp3) is 0.526. The molecule has 26 heavy (non-hydrogen) atoms. The van der Waals surface area contributed by atoms with Gasteiger partial charge in [0.05, 0.1) is 25.3 Å². The maximum Gasteiger partial charge on any atom is 0.191 e. The van der Waals surface area contributed by atoms with Gasteiger partial charge in [0.15, 0.2) is 5.96 Å². The molecule has 2 aromatic rings. The Morgan fingerprint density at radius 1 is 1.23 bits per heavy atom. The molecule has 0 spiro atoms. The highest BCUT2D eigenvalue weighted by Gasteiger charge is 2.10. The number of benzene rings is 1. The molecule has 1 aromatic carbocycles. The third-order valence-corrected chi connectivity index (χ3v) is 3.65. The highest BCUT2D eigenvalue weighted by Crippen LogP contribution is 2.13. The summed E-state index contributed by atoms with van der Waals surface area (Å²) in [5, 5.41) is 10.6. The summed E-state index contributed by atoms with van der Waals surface area (Å²) < 4.78 is 7.60. The minimum atomic E-state index is -0.143. The smallest absolute Gasteiger partial charge is 0.191 e. The quantitative estimate of drug-likeness (QED) is 0.587. The zero-order chi connectivity index (χ0) is 19.0. The molecule has 7 nitrogen and oxygen atoms in total. The summed E-state index contributed by atoms with van der Waals surface area (Å²) in [6.07, 6.45) is 1.55. The van der Waals surface area contributed by atoms with Crippen molar-refractivity contribution in [2.45, 2.75) is 53.0 Å². The van der Waals surface area contributed by atoms with Crippen LogP contribution in [-0.4, -0.2) is 32.9 Å². The lowest BCUT2D eigenvalue weighted by molar-refractivity contribution is -0.0149. The van der Waals surface area contributed by atoms with E-state index in [-0.39, 0.29) is 5.60 Å². The highest BCUT2D eigenvalue weighted by atomic mass is 16.5. The second-order valence-electron chi connectivity index (χ2n) is 7.07. The summed E-state index contributed by atoms with van der Waals surface area (Å²) >= 11 is 0. The van der Waals surface area contributed by atoms with E-state index in [1.54, 1.807) is 11.0 Å². The van der Waals surface area contributed by atoms with Crippen LogP contribution < -0.4 is 10.6 Å². The van der Waals surface area contributed by atoms with Crippen LogP contribution in [0.2, 0.25) is 0 Å². The summed E-state index contributed by atoms with van der Waals surface area (Å²) in [6.45, 7) is 10.8. The van der Waals surface area contributed by atoms with E-state index in [1.807, 2.05) is 20.0 Å². The molecule has 0 bridgehead atoms. The largest absolute Gasteiger partial charge is 0.371 e. The van der Waals surface area contributed by atoms with Crippen LogP contribution in [0.4, 0.5) is 0 Å². The first kappa shape index (κ1) is 19.9. The average Bonchev–Trinajstić information content (AvgIpc) is 3.00. The van der Waals surface area contributed by atoms with Crippen LogP contribution in [0, 0.1) is 0 Å². The molecule has 0 atom stereocenters. The molecule has 0 saturated carbocycles. The normalized spacial score (nSPS) is 12.3. The van der Waals surface area contributed by atoms with E-state index in [0.29, 0.717) is 19.7 Å². The number of ether oxygens (including phenoxy) is 1. The first-order valence-electron chi connectivity index (χ1n) is 8.94. The van der Waals surface area contributed by atoms with Gasteiger partial charge in [0.2, 0.25) is 0 Å². The number of hydrogen-bond acceptors (Lipinski definition) is 4. The molecule has 0 aliphatic rings. The first-order valence-corrected chi connectivity index (χ1v) is 8.94. The molecule has 2 rings (SSSR count). The second kappa shape index (κ2) is 9.33. The van der Waals surface area contributed by atoms with Crippen molar-refractivity contribution in [3.63, 3.8) is 0 Å². The van der Waals surface area contributed by atoms with Crippen LogP contribution in [0.1, 0.15) is 44.6 Å². The minimum Gasteiger partial charge on any atom is -0.371 e. The van der Waals surface area contributed by atoms with E-state index < -0.39 is 0 Å². The molecule has 7 heteroatoms. The van der Waals surface area contributed by atoms with Crippen LogP contribution in [-0.2, 0) is 31.5 Å². The minimum absolute atomic E-state index is 0.143. The highest BCUT2D eigenvalue weighted by molar-refractivity contribution is 5.79. The molecule has 2 N–H and O–H groups in total. The van der Waals surface area contributed by atoms with E-state index in [2.05, 4.69) is 64.7 Å². The van der Waals surface area contributed by atoms with E-state index in [0.717, 1.165) is 29.5 Å². The molecular weight excluding hydrogens is 328 g/mol. The van der Waals surface area contributed by atoms with Gasteiger partial charge in [-0.15, -0.1) is 0 Å². The Kier molecular flexibility index (Phi) is 7.15. The predicted molar refractivity (Wildman–Crippen MR) is 104 cm³/mol. The number of nitrogens with zero attached hydrogens (tertiary/aromatic N) is 4. The summed E-state index contributed by atoms with van der Waals surface area (Å²) in [6, 6.07) is 8.35. The van der Waals surface area contributed by atoms with Gasteiger partial charge >= 0.3 is 0 Å². The van der Waals surface area contributed by atoms with Crippen molar-refractivity contribution in [1.29, 1.82) is 0 Å². The third kappa shape index (κ3) is 6.84. The van der Waals surface area contributed by atoms with Crippen molar-refractivity contribution < 1.29 is 4.74 Å². The van der Waals surface area contributed by atoms with Gasteiger partial charge < -0.3 is 15.4 Å².